The van der Waals surface area contributed by atoms with Crippen molar-refractivity contribution in [3.8, 4) is 0 Å². The van der Waals surface area contributed by atoms with Gasteiger partial charge in [0.2, 0.25) is 6.33 Å². The van der Waals surface area contributed by atoms with E-state index in [0.717, 1.165) is 17.7 Å². The van der Waals surface area contributed by atoms with Crippen molar-refractivity contribution in [1.29, 1.82) is 0 Å². The van der Waals surface area contributed by atoms with Crippen LogP contribution in [0.15, 0.2) is 18.6 Å². The van der Waals surface area contributed by atoms with Crippen LogP contribution < -0.4 is 5.32 Å². The molecule has 0 saturated carbocycles. The first-order valence-corrected chi connectivity index (χ1v) is 9.84. The molecule has 14 nitrogen and oxygen atoms in total. The predicted octanol–water partition coefficient (Wildman–Crippen LogP) is 1.47. The van der Waals surface area contributed by atoms with Crippen molar-refractivity contribution >= 4 is 40.1 Å². The van der Waals surface area contributed by atoms with Gasteiger partial charge in [-0.05, 0) is 30.4 Å². The lowest BCUT2D eigenvalue weighted by atomic mass is 10.1. The molecule has 0 aromatic carbocycles. The van der Waals surface area contributed by atoms with E-state index < -0.39 is 28.7 Å². The Morgan fingerprint density at radius 2 is 2.00 bits per heavy atom. The molecule has 0 bridgehead atoms. The maximum absolute atomic E-state index is 12.7. The number of anilines is 1. The van der Waals surface area contributed by atoms with E-state index in [9.17, 15) is 24.5 Å². The fraction of sp³-hybridized carbons (Fsp3) is 0.294. The Bertz CT molecular complexity index is 1200. The van der Waals surface area contributed by atoms with Gasteiger partial charge in [0, 0.05) is 11.3 Å². The number of aromatic nitrogens is 5. The van der Waals surface area contributed by atoms with Gasteiger partial charge in [0.05, 0.1) is 19.3 Å². The van der Waals surface area contributed by atoms with Crippen molar-refractivity contribution in [2.45, 2.75) is 20.5 Å². The predicted molar refractivity (Wildman–Crippen MR) is 109 cm³/mol. The van der Waals surface area contributed by atoms with Crippen molar-refractivity contribution in [2.75, 3.05) is 19.0 Å². The van der Waals surface area contributed by atoms with Gasteiger partial charge in [0.25, 0.3) is 5.91 Å². The van der Waals surface area contributed by atoms with Crippen LogP contribution >= 0.6 is 11.3 Å². The molecule has 0 atom stereocenters. The van der Waals surface area contributed by atoms with E-state index in [1.165, 1.54) is 28.7 Å². The van der Waals surface area contributed by atoms with Crippen molar-refractivity contribution in [3.63, 3.8) is 0 Å². The van der Waals surface area contributed by atoms with Crippen LogP contribution in [0.25, 0.3) is 0 Å². The molecule has 3 heterocycles. The molecule has 0 unspecified atom stereocenters. The van der Waals surface area contributed by atoms with Crippen LogP contribution in [-0.2, 0) is 16.1 Å². The van der Waals surface area contributed by atoms with E-state index in [4.69, 9.17) is 9.47 Å². The van der Waals surface area contributed by atoms with Crippen LogP contribution in [0.3, 0.4) is 0 Å². The molecular formula is C17H17N7O7S. The van der Waals surface area contributed by atoms with Crippen LogP contribution in [0, 0.1) is 17.0 Å². The standard InChI is InChI=1S/C17H17N7O7S/c1-4-31-16(27)12-9(2)11(15(26)30-3)14(32-12)19-13(25)10-5-6-22(20-10)8-23-7-18-17(21-23)24(28)29/h5-7H,4,8H2,1-3H3,(H,19,25). The zero-order valence-electron chi connectivity index (χ0n) is 17.1. The van der Waals surface area contributed by atoms with Gasteiger partial charge in [-0.25, -0.2) is 14.3 Å². The molecule has 0 spiro atoms. The summed E-state index contributed by atoms with van der Waals surface area (Å²) in [5.41, 5.74) is 0.372. The largest absolute Gasteiger partial charge is 0.491 e. The lowest BCUT2D eigenvalue weighted by Crippen LogP contribution is -2.16. The Balaban J connectivity index is 1.80. The number of nitrogens with one attached hydrogen (secondary N) is 1. The normalized spacial score (nSPS) is 10.6. The molecule has 3 rings (SSSR count). The van der Waals surface area contributed by atoms with E-state index in [-0.39, 0.29) is 34.4 Å². The van der Waals surface area contributed by atoms with E-state index in [1.807, 2.05) is 0 Å². The number of rotatable bonds is 8. The summed E-state index contributed by atoms with van der Waals surface area (Å²) in [7, 11) is 1.19. The van der Waals surface area contributed by atoms with Gasteiger partial charge in [-0.15, -0.1) is 11.3 Å². The maximum atomic E-state index is 12.7. The molecule has 32 heavy (non-hydrogen) atoms. The summed E-state index contributed by atoms with van der Waals surface area (Å²) in [6.45, 7) is 3.33. The molecule has 0 fully saturated rings. The van der Waals surface area contributed by atoms with Crippen LogP contribution in [0.5, 0.6) is 0 Å². The molecule has 0 aliphatic carbocycles. The Labute approximate surface area is 183 Å². The number of nitro groups is 1. The third-order valence-electron chi connectivity index (χ3n) is 4.07. The van der Waals surface area contributed by atoms with Crippen LogP contribution in [-0.4, -0.2) is 61.0 Å². The second kappa shape index (κ2) is 9.34. The quantitative estimate of drug-likeness (QED) is 0.293. The minimum absolute atomic E-state index is 0.000770. The van der Waals surface area contributed by atoms with E-state index >= 15 is 0 Å². The zero-order valence-corrected chi connectivity index (χ0v) is 17.9. The summed E-state index contributed by atoms with van der Waals surface area (Å²) in [4.78, 5) is 50.7. The molecule has 15 heteroatoms. The average Bonchev–Trinajstić information content (AvgIpc) is 3.47. The second-order valence-electron chi connectivity index (χ2n) is 6.15. The molecule has 168 valence electrons. The van der Waals surface area contributed by atoms with E-state index in [2.05, 4.69) is 20.5 Å². The highest BCUT2D eigenvalue weighted by Crippen LogP contribution is 2.34. The molecule has 0 saturated heterocycles. The number of nitrogens with zero attached hydrogens (tertiary/aromatic N) is 6. The fourth-order valence-electron chi connectivity index (χ4n) is 2.65. The summed E-state index contributed by atoms with van der Waals surface area (Å²) in [6.07, 6.45) is 2.63. The van der Waals surface area contributed by atoms with Gasteiger partial charge in [-0.1, -0.05) is 4.98 Å². The van der Waals surface area contributed by atoms with Gasteiger partial charge in [0.1, 0.15) is 9.88 Å². The van der Waals surface area contributed by atoms with Gasteiger partial charge in [0.15, 0.2) is 12.4 Å². The Hall–Kier alpha value is -4.14. The first kappa shape index (κ1) is 22.5. The Morgan fingerprint density at radius 3 is 2.62 bits per heavy atom. The van der Waals surface area contributed by atoms with Gasteiger partial charge >= 0.3 is 17.9 Å². The molecule has 1 amide bonds. The number of thiophene rings is 1. The van der Waals surface area contributed by atoms with Crippen LogP contribution in [0.2, 0.25) is 0 Å². The molecule has 0 aliphatic rings. The van der Waals surface area contributed by atoms with Crippen LogP contribution in [0.1, 0.15) is 43.0 Å². The van der Waals surface area contributed by atoms with E-state index in [1.54, 1.807) is 13.8 Å². The number of hydrogen-bond donors (Lipinski definition) is 1. The monoisotopic (exact) mass is 463 g/mol. The molecule has 3 aromatic heterocycles. The minimum atomic E-state index is -0.731. The number of esters is 2. The lowest BCUT2D eigenvalue weighted by Gasteiger charge is -2.04. The minimum Gasteiger partial charge on any atom is -0.465 e. The summed E-state index contributed by atoms with van der Waals surface area (Å²) in [5.74, 6) is -2.54. The lowest BCUT2D eigenvalue weighted by molar-refractivity contribution is -0.394. The Morgan fingerprint density at radius 1 is 1.25 bits per heavy atom. The van der Waals surface area contributed by atoms with Gasteiger partial charge in [-0.2, -0.15) is 9.78 Å². The number of ether oxygens (including phenoxy) is 2. The highest BCUT2D eigenvalue weighted by atomic mass is 32.1. The van der Waals surface area contributed by atoms with Crippen molar-refractivity contribution in [3.05, 3.63) is 50.4 Å². The number of carbonyl (C=O) groups excluding carboxylic acids is 3. The van der Waals surface area contributed by atoms with Crippen molar-refractivity contribution in [1.82, 2.24) is 24.5 Å². The highest BCUT2D eigenvalue weighted by molar-refractivity contribution is 7.18. The van der Waals surface area contributed by atoms with Gasteiger partial charge in [-0.3, -0.25) is 4.79 Å². The first-order chi connectivity index (χ1) is 15.2. The number of methoxy groups -OCH3 is 1. The second-order valence-corrected chi connectivity index (χ2v) is 7.17. The summed E-state index contributed by atoms with van der Waals surface area (Å²) in [5, 5.41) is 21.1. The number of hydrogen-bond acceptors (Lipinski definition) is 11. The molecule has 0 radical (unpaired) electrons. The smallest absolute Gasteiger partial charge is 0.465 e. The first-order valence-electron chi connectivity index (χ1n) is 9.02. The Kier molecular flexibility index (Phi) is 6.58. The summed E-state index contributed by atoms with van der Waals surface area (Å²) in [6, 6.07) is 1.41. The van der Waals surface area contributed by atoms with Crippen molar-refractivity contribution in [2.24, 2.45) is 0 Å². The summed E-state index contributed by atoms with van der Waals surface area (Å²) < 4.78 is 12.3. The fourth-order valence-corrected chi connectivity index (χ4v) is 3.74. The SMILES string of the molecule is CCOC(=O)c1sc(NC(=O)c2ccn(Cn3cnc([N+](=O)[O-])n3)n2)c(C(=O)OC)c1C. The highest BCUT2D eigenvalue weighted by Gasteiger charge is 2.27. The van der Waals surface area contributed by atoms with Crippen molar-refractivity contribution < 1.29 is 28.8 Å². The van der Waals surface area contributed by atoms with E-state index in [0.29, 0.717) is 5.56 Å². The number of carbonyl (C=O) groups is 3. The summed E-state index contributed by atoms with van der Waals surface area (Å²) >= 11 is 0.888. The third-order valence-corrected chi connectivity index (χ3v) is 5.26. The molecule has 3 aromatic rings. The average molecular weight is 463 g/mol. The molecule has 1 N–H and O–H groups in total. The number of amides is 1. The third kappa shape index (κ3) is 4.61. The van der Waals surface area contributed by atoms with Gasteiger partial charge < -0.3 is 24.9 Å². The van der Waals surface area contributed by atoms with Crippen LogP contribution in [0.4, 0.5) is 10.9 Å². The maximum Gasteiger partial charge on any atom is 0.491 e. The zero-order chi connectivity index (χ0) is 23.4. The molecule has 0 aliphatic heterocycles. The topological polar surface area (TPSA) is 173 Å². The molecular weight excluding hydrogens is 446 g/mol.